The van der Waals surface area contributed by atoms with Gasteiger partial charge < -0.3 is 5.32 Å². The summed E-state index contributed by atoms with van der Waals surface area (Å²) in [5.41, 5.74) is 0.968. The Morgan fingerprint density at radius 3 is 2.94 bits per heavy atom. The van der Waals surface area contributed by atoms with Crippen molar-refractivity contribution in [3.8, 4) is 0 Å². The topological polar surface area (TPSA) is 24.9 Å². The largest absolute Gasteiger partial charge is 0.380 e. The molecule has 1 heterocycles. The quantitative estimate of drug-likeness (QED) is 0.843. The van der Waals surface area contributed by atoms with Crippen molar-refractivity contribution in [3.63, 3.8) is 0 Å². The minimum absolute atomic E-state index is 0.533. The van der Waals surface area contributed by atoms with Gasteiger partial charge in [-0.05, 0) is 24.3 Å². The molecule has 0 amide bonds. The summed E-state index contributed by atoms with van der Waals surface area (Å²) < 4.78 is 0. The molecule has 0 spiro atoms. The molecule has 2 nitrogen and oxygen atoms in total. The van der Waals surface area contributed by atoms with Crippen LogP contribution in [0.2, 0.25) is 5.02 Å². The van der Waals surface area contributed by atoms with Crippen LogP contribution in [-0.2, 0) is 0 Å². The summed E-state index contributed by atoms with van der Waals surface area (Å²) in [5, 5.41) is 4.30. The highest BCUT2D eigenvalue weighted by molar-refractivity contribution is 6.33. The van der Waals surface area contributed by atoms with Crippen molar-refractivity contribution < 1.29 is 0 Å². The van der Waals surface area contributed by atoms with Gasteiger partial charge in [-0.15, -0.1) is 0 Å². The van der Waals surface area contributed by atoms with Crippen LogP contribution in [0, 0.1) is 11.8 Å². The Morgan fingerprint density at radius 1 is 1.38 bits per heavy atom. The van der Waals surface area contributed by atoms with Crippen LogP contribution in [0.25, 0.3) is 0 Å². The van der Waals surface area contributed by atoms with Crippen LogP contribution in [-0.4, -0.2) is 11.0 Å². The molecule has 0 saturated heterocycles. The molecular formula is C13H19ClN2. The van der Waals surface area contributed by atoms with E-state index in [4.69, 9.17) is 11.6 Å². The van der Waals surface area contributed by atoms with Crippen LogP contribution in [0.5, 0.6) is 0 Å². The summed E-state index contributed by atoms with van der Waals surface area (Å²) in [6, 6.07) is 2.37. The van der Waals surface area contributed by atoms with Gasteiger partial charge in [-0.3, -0.25) is 4.98 Å². The fourth-order valence-electron chi connectivity index (χ4n) is 2.47. The third-order valence-corrected chi connectivity index (χ3v) is 4.15. The molecule has 1 aromatic rings. The van der Waals surface area contributed by atoms with Crippen molar-refractivity contribution in [1.29, 1.82) is 0 Å². The van der Waals surface area contributed by atoms with E-state index in [1.54, 1.807) is 6.20 Å². The molecule has 1 N–H and O–H groups in total. The molecule has 1 saturated carbocycles. The lowest BCUT2D eigenvalue weighted by Crippen LogP contribution is -2.35. The fraction of sp³-hybridized carbons (Fsp3) is 0.615. The highest BCUT2D eigenvalue weighted by atomic mass is 35.5. The SMILES string of the molecule is CC1CCCC(Nc2cnccc2Cl)C1C. The van der Waals surface area contributed by atoms with Gasteiger partial charge in [0, 0.05) is 12.2 Å². The number of nitrogens with zero attached hydrogens (tertiary/aromatic N) is 1. The maximum absolute atomic E-state index is 6.13. The summed E-state index contributed by atoms with van der Waals surface area (Å²) in [4.78, 5) is 4.11. The molecule has 0 aliphatic heterocycles. The molecule has 3 atom stereocenters. The molecule has 1 aliphatic carbocycles. The third kappa shape index (κ3) is 2.49. The number of halogens is 1. The second-order valence-corrected chi connectivity index (χ2v) is 5.28. The van der Waals surface area contributed by atoms with E-state index in [1.807, 2.05) is 12.3 Å². The zero-order chi connectivity index (χ0) is 11.5. The number of anilines is 1. The number of aromatic nitrogens is 1. The van der Waals surface area contributed by atoms with Crippen LogP contribution < -0.4 is 5.32 Å². The van der Waals surface area contributed by atoms with E-state index >= 15 is 0 Å². The molecule has 0 radical (unpaired) electrons. The molecule has 3 heteroatoms. The van der Waals surface area contributed by atoms with Crippen LogP contribution in [0.15, 0.2) is 18.5 Å². The average Bonchev–Trinajstić information content (AvgIpc) is 2.28. The van der Waals surface area contributed by atoms with E-state index in [2.05, 4.69) is 24.1 Å². The van der Waals surface area contributed by atoms with Crippen molar-refractivity contribution >= 4 is 17.3 Å². The summed E-state index contributed by atoms with van der Waals surface area (Å²) in [5.74, 6) is 1.49. The fourth-order valence-corrected chi connectivity index (χ4v) is 2.63. The maximum atomic E-state index is 6.13. The van der Waals surface area contributed by atoms with Crippen LogP contribution in [0.1, 0.15) is 33.1 Å². The number of hydrogen-bond donors (Lipinski definition) is 1. The van der Waals surface area contributed by atoms with Crippen molar-refractivity contribution in [2.24, 2.45) is 11.8 Å². The first-order valence-electron chi connectivity index (χ1n) is 6.04. The summed E-state index contributed by atoms with van der Waals surface area (Å²) in [6.07, 6.45) is 7.42. The molecule has 1 fully saturated rings. The minimum atomic E-state index is 0.533. The maximum Gasteiger partial charge on any atom is 0.0718 e. The average molecular weight is 239 g/mol. The zero-order valence-corrected chi connectivity index (χ0v) is 10.7. The molecule has 3 unspecified atom stereocenters. The van der Waals surface area contributed by atoms with Gasteiger partial charge in [0.25, 0.3) is 0 Å². The van der Waals surface area contributed by atoms with Gasteiger partial charge in [-0.1, -0.05) is 38.3 Å². The molecule has 0 aromatic carbocycles. The highest BCUT2D eigenvalue weighted by Crippen LogP contribution is 2.32. The van der Waals surface area contributed by atoms with Gasteiger partial charge in [0.1, 0.15) is 0 Å². The lowest BCUT2D eigenvalue weighted by molar-refractivity contribution is 0.253. The number of pyridine rings is 1. The summed E-state index contributed by atoms with van der Waals surface area (Å²) in [6.45, 7) is 4.66. The zero-order valence-electron chi connectivity index (χ0n) is 9.91. The second kappa shape index (κ2) is 5.05. The Kier molecular flexibility index (Phi) is 3.70. The number of rotatable bonds is 2. The Labute approximate surface area is 102 Å². The smallest absolute Gasteiger partial charge is 0.0718 e. The molecule has 0 bridgehead atoms. The normalized spacial score (nSPS) is 30.1. The van der Waals surface area contributed by atoms with Crippen molar-refractivity contribution in [3.05, 3.63) is 23.5 Å². The van der Waals surface area contributed by atoms with Crippen molar-refractivity contribution in [2.75, 3.05) is 5.32 Å². The Morgan fingerprint density at radius 2 is 2.19 bits per heavy atom. The van der Waals surface area contributed by atoms with E-state index in [0.717, 1.165) is 16.6 Å². The first-order chi connectivity index (χ1) is 7.68. The van der Waals surface area contributed by atoms with Crippen LogP contribution >= 0.6 is 11.6 Å². The molecule has 2 rings (SSSR count). The van der Waals surface area contributed by atoms with E-state index < -0.39 is 0 Å². The van der Waals surface area contributed by atoms with E-state index in [1.165, 1.54) is 19.3 Å². The predicted octanol–water partition coefficient (Wildman–Crippen LogP) is 3.97. The highest BCUT2D eigenvalue weighted by Gasteiger charge is 2.27. The predicted molar refractivity (Wildman–Crippen MR) is 68.8 cm³/mol. The first-order valence-corrected chi connectivity index (χ1v) is 6.42. The minimum Gasteiger partial charge on any atom is -0.380 e. The monoisotopic (exact) mass is 238 g/mol. The molecule has 1 aromatic heterocycles. The standard InChI is InChI=1S/C13H19ClN2/c1-9-4-3-5-12(10(9)2)16-13-8-15-7-6-11(13)14/h6-10,12,16H,3-5H2,1-2H3. The summed E-state index contributed by atoms with van der Waals surface area (Å²) in [7, 11) is 0. The lowest BCUT2D eigenvalue weighted by Gasteiger charge is -2.35. The number of hydrogen-bond acceptors (Lipinski definition) is 2. The van der Waals surface area contributed by atoms with Gasteiger partial charge in [0.2, 0.25) is 0 Å². The van der Waals surface area contributed by atoms with E-state index in [-0.39, 0.29) is 0 Å². The van der Waals surface area contributed by atoms with Gasteiger partial charge >= 0.3 is 0 Å². The third-order valence-electron chi connectivity index (χ3n) is 3.82. The van der Waals surface area contributed by atoms with Gasteiger partial charge in [0.05, 0.1) is 16.9 Å². The molecule has 1 aliphatic rings. The Hall–Kier alpha value is -0.760. The second-order valence-electron chi connectivity index (χ2n) is 4.87. The first kappa shape index (κ1) is 11.7. The van der Waals surface area contributed by atoms with Crippen molar-refractivity contribution in [1.82, 2.24) is 4.98 Å². The lowest BCUT2D eigenvalue weighted by atomic mass is 9.78. The Balaban J connectivity index is 2.06. The van der Waals surface area contributed by atoms with Gasteiger partial charge in [0.15, 0.2) is 0 Å². The number of nitrogens with one attached hydrogen (secondary N) is 1. The molecule has 16 heavy (non-hydrogen) atoms. The molecular weight excluding hydrogens is 220 g/mol. The van der Waals surface area contributed by atoms with Gasteiger partial charge in [-0.25, -0.2) is 0 Å². The summed E-state index contributed by atoms with van der Waals surface area (Å²) >= 11 is 6.13. The Bertz CT molecular complexity index is 354. The van der Waals surface area contributed by atoms with Gasteiger partial charge in [-0.2, -0.15) is 0 Å². The van der Waals surface area contributed by atoms with Crippen LogP contribution in [0.4, 0.5) is 5.69 Å². The molecule has 88 valence electrons. The van der Waals surface area contributed by atoms with Crippen molar-refractivity contribution in [2.45, 2.75) is 39.2 Å². The van der Waals surface area contributed by atoms with Crippen LogP contribution in [0.3, 0.4) is 0 Å². The van der Waals surface area contributed by atoms with E-state index in [9.17, 15) is 0 Å². The van der Waals surface area contributed by atoms with E-state index in [0.29, 0.717) is 12.0 Å².